The standard InChI is InChI=1S/C6H3Cl2NO4/c7-4-1-3(9(11)12)2-5(8)6(4,10)13-5/h1-2,10H. The fourth-order valence-electron chi connectivity index (χ4n) is 1.09. The molecule has 0 aromatic carbocycles. The molecule has 0 aromatic heterocycles. The molecule has 1 aliphatic carbocycles. The summed E-state index contributed by atoms with van der Waals surface area (Å²) >= 11 is 11.2. The van der Waals surface area contributed by atoms with E-state index in [1.54, 1.807) is 0 Å². The van der Waals surface area contributed by atoms with Crippen LogP contribution in [-0.4, -0.2) is 20.9 Å². The number of alkyl halides is 1. The summed E-state index contributed by atoms with van der Waals surface area (Å²) in [4.78, 5) is 9.69. The molecule has 0 aromatic rings. The number of fused-ring (bicyclic) bond motifs is 1. The van der Waals surface area contributed by atoms with Crippen LogP contribution in [0.5, 0.6) is 0 Å². The van der Waals surface area contributed by atoms with Crippen molar-refractivity contribution in [2.75, 3.05) is 0 Å². The smallest absolute Gasteiger partial charge is 0.271 e. The van der Waals surface area contributed by atoms with E-state index in [-0.39, 0.29) is 10.7 Å². The van der Waals surface area contributed by atoms with Gasteiger partial charge in [-0.1, -0.05) is 23.2 Å². The van der Waals surface area contributed by atoms with Crippen LogP contribution >= 0.6 is 23.2 Å². The van der Waals surface area contributed by atoms with Crippen molar-refractivity contribution in [3.05, 3.63) is 33.0 Å². The molecule has 2 aliphatic rings. The molecule has 0 saturated carbocycles. The van der Waals surface area contributed by atoms with E-state index in [2.05, 4.69) is 4.74 Å². The SMILES string of the molecule is O=[N+]([O-])C1=CC2(Cl)OC2(O)C(Cl)=C1. The average Bonchev–Trinajstić information content (AvgIpc) is 2.55. The van der Waals surface area contributed by atoms with Crippen molar-refractivity contribution in [2.24, 2.45) is 0 Å². The van der Waals surface area contributed by atoms with Gasteiger partial charge in [0.05, 0.1) is 9.96 Å². The highest BCUT2D eigenvalue weighted by Gasteiger charge is 2.73. The van der Waals surface area contributed by atoms with Gasteiger partial charge in [-0.25, -0.2) is 0 Å². The molecule has 2 unspecified atom stereocenters. The Bertz CT molecular complexity index is 366. The third kappa shape index (κ3) is 1.02. The summed E-state index contributed by atoms with van der Waals surface area (Å²) in [6.07, 6.45) is 2.02. The normalized spacial score (nSPS) is 41.8. The highest BCUT2D eigenvalue weighted by atomic mass is 35.5. The van der Waals surface area contributed by atoms with Crippen LogP contribution in [0.4, 0.5) is 0 Å². The van der Waals surface area contributed by atoms with Crippen molar-refractivity contribution in [1.29, 1.82) is 0 Å². The van der Waals surface area contributed by atoms with Gasteiger partial charge in [-0.05, 0) is 0 Å². The van der Waals surface area contributed by atoms with Gasteiger partial charge in [-0.3, -0.25) is 10.1 Å². The van der Waals surface area contributed by atoms with Gasteiger partial charge in [-0.15, -0.1) is 0 Å². The average molecular weight is 224 g/mol. The molecule has 1 N–H and O–H groups in total. The number of epoxide rings is 1. The van der Waals surface area contributed by atoms with Gasteiger partial charge in [0.2, 0.25) is 5.06 Å². The summed E-state index contributed by atoms with van der Waals surface area (Å²) in [5.41, 5.74) is -0.290. The maximum absolute atomic E-state index is 10.3. The van der Waals surface area contributed by atoms with Gasteiger partial charge < -0.3 is 9.84 Å². The number of rotatable bonds is 1. The van der Waals surface area contributed by atoms with E-state index < -0.39 is 15.8 Å². The Morgan fingerprint density at radius 2 is 2.31 bits per heavy atom. The molecular weight excluding hydrogens is 221 g/mol. The minimum absolute atomic E-state index is 0.184. The third-order valence-corrected chi connectivity index (χ3v) is 2.67. The number of ether oxygens (including phenoxy) is 1. The highest BCUT2D eigenvalue weighted by molar-refractivity contribution is 6.35. The zero-order valence-electron chi connectivity index (χ0n) is 6.03. The monoisotopic (exact) mass is 223 g/mol. The predicted molar refractivity (Wildman–Crippen MR) is 43.6 cm³/mol. The molecule has 13 heavy (non-hydrogen) atoms. The lowest BCUT2D eigenvalue weighted by molar-refractivity contribution is -0.419. The van der Waals surface area contributed by atoms with Crippen LogP contribution in [0, 0.1) is 10.1 Å². The van der Waals surface area contributed by atoms with Gasteiger partial charge in [0.15, 0.2) is 0 Å². The van der Waals surface area contributed by atoms with Crippen LogP contribution in [0.25, 0.3) is 0 Å². The summed E-state index contributed by atoms with van der Waals surface area (Å²) in [7, 11) is 0. The van der Waals surface area contributed by atoms with Gasteiger partial charge in [-0.2, -0.15) is 0 Å². The Kier molecular flexibility index (Phi) is 1.55. The van der Waals surface area contributed by atoms with Crippen LogP contribution in [0.3, 0.4) is 0 Å². The third-order valence-electron chi connectivity index (χ3n) is 1.86. The fraction of sp³-hybridized carbons (Fsp3) is 0.333. The molecule has 1 heterocycles. The fourth-order valence-corrected chi connectivity index (χ4v) is 1.76. The number of nitrogens with zero attached hydrogens (tertiary/aromatic N) is 1. The quantitative estimate of drug-likeness (QED) is 0.311. The van der Waals surface area contributed by atoms with E-state index in [4.69, 9.17) is 23.2 Å². The molecule has 1 saturated heterocycles. The molecule has 2 rings (SSSR count). The number of hydrogen-bond acceptors (Lipinski definition) is 4. The largest absolute Gasteiger partial charge is 0.358 e. The maximum Gasteiger partial charge on any atom is 0.271 e. The topological polar surface area (TPSA) is 75.9 Å². The number of halogens is 2. The molecule has 5 nitrogen and oxygen atoms in total. The van der Waals surface area contributed by atoms with E-state index in [9.17, 15) is 15.2 Å². The van der Waals surface area contributed by atoms with E-state index in [0.717, 1.165) is 12.2 Å². The van der Waals surface area contributed by atoms with Crippen LogP contribution < -0.4 is 0 Å². The van der Waals surface area contributed by atoms with Crippen LogP contribution in [0.2, 0.25) is 0 Å². The van der Waals surface area contributed by atoms with Crippen molar-refractivity contribution in [2.45, 2.75) is 10.8 Å². The van der Waals surface area contributed by atoms with E-state index >= 15 is 0 Å². The van der Waals surface area contributed by atoms with Crippen molar-refractivity contribution in [3.63, 3.8) is 0 Å². The first-order valence-corrected chi connectivity index (χ1v) is 4.01. The Labute approximate surface area is 82.3 Å². The Morgan fingerprint density at radius 3 is 2.77 bits per heavy atom. The number of aliphatic hydroxyl groups is 1. The van der Waals surface area contributed by atoms with Crippen molar-refractivity contribution in [3.8, 4) is 0 Å². The molecule has 2 atom stereocenters. The lowest BCUT2D eigenvalue weighted by Crippen LogP contribution is -2.24. The van der Waals surface area contributed by atoms with E-state index in [0.29, 0.717) is 0 Å². The zero-order chi connectivity index (χ0) is 9.85. The second-order valence-corrected chi connectivity index (χ2v) is 3.68. The van der Waals surface area contributed by atoms with Gasteiger partial charge in [0, 0.05) is 12.2 Å². The van der Waals surface area contributed by atoms with Crippen molar-refractivity contribution < 1.29 is 14.8 Å². The lowest BCUT2D eigenvalue weighted by atomic mass is 10.1. The van der Waals surface area contributed by atoms with Crippen LogP contribution in [0.1, 0.15) is 0 Å². The maximum atomic E-state index is 10.3. The molecule has 0 amide bonds. The number of hydrogen-bond donors (Lipinski definition) is 1. The molecule has 70 valence electrons. The van der Waals surface area contributed by atoms with Gasteiger partial charge in [0.1, 0.15) is 0 Å². The first kappa shape index (κ1) is 8.96. The summed E-state index contributed by atoms with van der Waals surface area (Å²) in [6.45, 7) is 0. The highest BCUT2D eigenvalue weighted by Crippen LogP contribution is 2.58. The predicted octanol–water partition coefficient (Wildman–Crippen LogP) is 0.937. The Morgan fingerprint density at radius 1 is 1.69 bits per heavy atom. The summed E-state index contributed by atoms with van der Waals surface area (Å²) in [5, 5.41) is 18.1. The molecule has 1 fully saturated rings. The zero-order valence-corrected chi connectivity index (χ0v) is 7.54. The number of nitro groups is 1. The van der Waals surface area contributed by atoms with E-state index in [1.807, 2.05) is 0 Å². The second kappa shape index (κ2) is 2.24. The Balaban J connectivity index is 2.44. The van der Waals surface area contributed by atoms with Gasteiger partial charge in [0.25, 0.3) is 11.5 Å². The molecule has 0 bridgehead atoms. The summed E-state index contributed by atoms with van der Waals surface area (Å²) in [5.74, 6) is -1.78. The molecule has 0 radical (unpaired) electrons. The van der Waals surface area contributed by atoms with Gasteiger partial charge >= 0.3 is 0 Å². The van der Waals surface area contributed by atoms with Crippen molar-refractivity contribution in [1.82, 2.24) is 0 Å². The first-order chi connectivity index (χ1) is 5.89. The van der Waals surface area contributed by atoms with Crippen LogP contribution in [0.15, 0.2) is 22.9 Å². The molecule has 7 heteroatoms. The molecular formula is C6H3Cl2NO4. The minimum atomic E-state index is -1.78. The Hall–Kier alpha value is -0.620. The van der Waals surface area contributed by atoms with E-state index in [1.165, 1.54) is 0 Å². The molecule has 0 spiro atoms. The summed E-state index contributed by atoms with van der Waals surface area (Å²) < 4.78 is 4.69. The summed E-state index contributed by atoms with van der Waals surface area (Å²) in [6, 6.07) is 0. The number of allylic oxidation sites excluding steroid dienone is 1. The molecule has 1 aliphatic heterocycles. The lowest BCUT2D eigenvalue weighted by Gasteiger charge is -2.08. The van der Waals surface area contributed by atoms with Crippen LogP contribution in [-0.2, 0) is 4.74 Å². The second-order valence-electron chi connectivity index (χ2n) is 2.71. The first-order valence-electron chi connectivity index (χ1n) is 3.25. The van der Waals surface area contributed by atoms with Crippen molar-refractivity contribution >= 4 is 23.2 Å². The minimum Gasteiger partial charge on any atom is -0.358 e.